The summed E-state index contributed by atoms with van der Waals surface area (Å²) in [6, 6.07) is 11.0. The molecule has 2 atom stereocenters. The number of piperidine rings is 1. The second-order valence-corrected chi connectivity index (χ2v) is 5.94. The fourth-order valence-corrected chi connectivity index (χ4v) is 3.06. The minimum absolute atomic E-state index is 0.0821. The molecule has 0 spiro atoms. The van der Waals surface area contributed by atoms with Crippen LogP contribution in [-0.4, -0.2) is 54.2 Å². The van der Waals surface area contributed by atoms with Crippen molar-refractivity contribution in [3.63, 3.8) is 0 Å². The highest BCUT2D eigenvalue weighted by Crippen LogP contribution is 2.31. The number of hydrogen-bond donors (Lipinski definition) is 1. The van der Waals surface area contributed by atoms with E-state index in [4.69, 9.17) is 0 Å². The molecule has 19 heavy (non-hydrogen) atoms. The van der Waals surface area contributed by atoms with Gasteiger partial charge in [0.25, 0.3) is 0 Å². The Kier molecular flexibility index (Phi) is 4.61. The van der Waals surface area contributed by atoms with Crippen LogP contribution in [0.15, 0.2) is 30.3 Å². The van der Waals surface area contributed by atoms with Gasteiger partial charge in [0.05, 0.1) is 12.1 Å². The summed E-state index contributed by atoms with van der Waals surface area (Å²) in [5, 5.41) is 9.81. The number of hydrogen-bond acceptors (Lipinski definition) is 3. The van der Waals surface area contributed by atoms with Crippen molar-refractivity contribution in [1.82, 2.24) is 9.80 Å². The highest BCUT2D eigenvalue weighted by atomic mass is 16.3. The summed E-state index contributed by atoms with van der Waals surface area (Å²) in [6.07, 6.45) is 2.23. The van der Waals surface area contributed by atoms with Gasteiger partial charge in [-0.05, 0) is 46.0 Å². The topological polar surface area (TPSA) is 26.7 Å². The molecule has 2 rings (SSSR count). The van der Waals surface area contributed by atoms with E-state index in [1.807, 2.05) is 0 Å². The molecule has 0 radical (unpaired) electrons. The summed E-state index contributed by atoms with van der Waals surface area (Å²) < 4.78 is 0. The third kappa shape index (κ3) is 2.99. The first kappa shape index (κ1) is 14.5. The Hall–Kier alpha value is -0.900. The third-order valence-electron chi connectivity index (χ3n) is 4.66. The number of benzene rings is 1. The predicted octanol–water partition coefficient (Wildman–Crippen LogP) is 2.14. The molecule has 1 aromatic carbocycles. The van der Waals surface area contributed by atoms with E-state index < -0.39 is 0 Å². The van der Waals surface area contributed by atoms with Crippen LogP contribution < -0.4 is 0 Å². The van der Waals surface area contributed by atoms with Gasteiger partial charge in [0.2, 0.25) is 0 Å². The fraction of sp³-hybridized carbons (Fsp3) is 0.625. The van der Waals surface area contributed by atoms with Crippen LogP contribution in [0.5, 0.6) is 0 Å². The average Bonchev–Trinajstić information content (AvgIpc) is 2.47. The van der Waals surface area contributed by atoms with E-state index in [2.05, 4.69) is 61.2 Å². The fourth-order valence-electron chi connectivity index (χ4n) is 3.06. The molecule has 1 aliphatic rings. The maximum absolute atomic E-state index is 9.81. The van der Waals surface area contributed by atoms with Crippen molar-refractivity contribution < 1.29 is 5.11 Å². The van der Waals surface area contributed by atoms with Gasteiger partial charge in [-0.15, -0.1) is 0 Å². The zero-order chi connectivity index (χ0) is 13.9. The molecule has 1 heterocycles. The zero-order valence-corrected chi connectivity index (χ0v) is 12.3. The highest BCUT2D eigenvalue weighted by Gasteiger charge is 2.38. The molecule has 1 fully saturated rings. The molecule has 0 aromatic heterocycles. The lowest BCUT2D eigenvalue weighted by Gasteiger charge is -2.48. The SMILES string of the molecule is CC(c1ccccc1)N1CCCC(CO)(N(C)C)C1. The number of likely N-dealkylation sites (N-methyl/N-ethyl adjacent to an activating group) is 1. The third-order valence-corrected chi connectivity index (χ3v) is 4.66. The van der Waals surface area contributed by atoms with Gasteiger partial charge in [-0.3, -0.25) is 4.90 Å². The highest BCUT2D eigenvalue weighted by molar-refractivity contribution is 5.18. The van der Waals surface area contributed by atoms with Crippen LogP contribution in [0.1, 0.15) is 31.4 Å². The predicted molar refractivity (Wildman–Crippen MR) is 79.2 cm³/mol. The summed E-state index contributed by atoms with van der Waals surface area (Å²) in [4.78, 5) is 4.69. The number of aliphatic hydroxyl groups excluding tert-OH is 1. The van der Waals surface area contributed by atoms with E-state index in [0.29, 0.717) is 6.04 Å². The second-order valence-electron chi connectivity index (χ2n) is 5.94. The van der Waals surface area contributed by atoms with Crippen molar-refractivity contribution in [2.75, 3.05) is 33.8 Å². The van der Waals surface area contributed by atoms with Crippen molar-refractivity contribution in [2.24, 2.45) is 0 Å². The molecule has 0 aliphatic carbocycles. The van der Waals surface area contributed by atoms with Crippen LogP contribution in [0.25, 0.3) is 0 Å². The van der Waals surface area contributed by atoms with Gasteiger partial charge in [0.1, 0.15) is 0 Å². The summed E-state index contributed by atoms with van der Waals surface area (Å²) in [5.41, 5.74) is 1.27. The van der Waals surface area contributed by atoms with E-state index in [-0.39, 0.29) is 12.1 Å². The van der Waals surface area contributed by atoms with E-state index in [1.54, 1.807) is 0 Å². The first-order valence-electron chi connectivity index (χ1n) is 7.16. The lowest BCUT2D eigenvalue weighted by atomic mass is 9.87. The summed E-state index contributed by atoms with van der Waals surface area (Å²) >= 11 is 0. The van der Waals surface area contributed by atoms with Gasteiger partial charge in [-0.25, -0.2) is 0 Å². The number of nitrogens with zero attached hydrogens (tertiary/aromatic N) is 2. The molecule has 106 valence electrons. The largest absolute Gasteiger partial charge is 0.394 e. The van der Waals surface area contributed by atoms with Gasteiger partial charge in [-0.2, -0.15) is 0 Å². The first-order chi connectivity index (χ1) is 9.09. The maximum Gasteiger partial charge on any atom is 0.0627 e. The van der Waals surface area contributed by atoms with Crippen LogP contribution in [0.4, 0.5) is 0 Å². The lowest BCUT2D eigenvalue weighted by molar-refractivity contribution is -0.0126. The van der Waals surface area contributed by atoms with Gasteiger partial charge in [0.15, 0.2) is 0 Å². The molecule has 1 aliphatic heterocycles. The Balaban J connectivity index is 2.13. The summed E-state index contributed by atoms with van der Waals surface area (Å²) in [7, 11) is 4.15. The Morgan fingerprint density at radius 2 is 2.00 bits per heavy atom. The molecule has 0 amide bonds. The Morgan fingerprint density at radius 3 is 2.58 bits per heavy atom. The summed E-state index contributed by atoms with van der Waals surface area (Å²) in [5.74, 6) is 0. The average molecular weight is 262 g/mol. The maximum atomic E-state index is 9.81. The zero-order valence-electron chi connectivity index (χ0n) is 12.3. The summed E-state index contributed by atoms with van der Waals surface area (Å²) in [6.45, 7) is 4.55. The van der Waals surface area contributed by atoms with Gasteiger partial charge in [-0.1, -0.05) is 30.3 Å². The lowest BCUT2D eigenvalue weighted by Crippen LogP contribution is -2.58. The Labute approximate surface area is 116 Å². The van der Waals surface area contributed by atoms with Crippen LogP contribution in [-0.2, 0) is 0 Å². The van der Waals surface area contributed by atoms with Crippen LogP contribution in [0.2, 0.25) is 0 Å². The van der Waals surface area contributed by atoms with E-state index >= 15 is 0 Å². The van der Waals surface area contributed by atoms with Gasteiger partial charge >= 0.3 is 0 Å². The number of rotatable bonds is 4. The molecule has 3 nitrogen and oxygen atoms in total. The molecule has 1 aromatic rings. The first-order valence-corrected chi connectivity index (χ1v) is 7.16. The molecule has 1 saturated heterocycles. The van der Waals surface area contributed by atoms with E-state index in [1.165, 1.54) is 5.56 Å². The van der Waals surface area contributed by atoms with Crippen LogP contribution >= 0.6 is 0 Å². The standard InChI is InChI=1S/C16H26N2O/c1-14(15-8-5-4-6-9-15)18-11-7-10-16(12-18,13-19)17(2)3/h4-6,8-9,14,19H,7,10-13H2,1-3H3. The monoisotopic (exact) mass is 262 g/mol. The molecule has 3 heteroatoms. The Bertz CT molecular complexity index is 393. The number of likely N-dealkylation sites (tertiary alicyclic amines) is 1. The van der Waals surface area contributed by atoms with E-state index in [9.17, 15) is 5.11 Å². The van der Waals surface area contributed by atoms with Crippen molar-refractivity contribution >= 4 is 0 Å². The molecule has 0 bridgehead atoms. The molecular weight excluding hydrogens is 236 g/mol. The molecule has 2 unspecified atom stereocenters. The van der Waals surface area contributed by atoms with Crippen molar-refractivity contribution in [3.05, 3.63) is 35.9 Å². The van der Waals surface area contributed by atoms with Gasteiger partial charge < -0.3 is 10.0 Å². The Morgan fingerprint density at radius 1 is 1.32 bits per heavy atom. The van der Waals surface area contributed by atoms with Crippen molar-refractivity contribution in [1.29, 1.82) is 0 Å². The second kappa shape index (κ2) is 6.04. The van der Waals surface area contributed by atoms with Crippen LogP contribution in [0, 0.1) is 0 Å². The quantitative estimate of drug-likeness (QED) is 0.900. The van der Waals surface area contributed by atoms with Crippen LogP contribution in [0.3, 0.4) is 0 Å². The number of aliphatic hydroxyl groups is 1. The smallest absolute Gasteiger partial charge is 0.0627 e. The normalized spacial score (nSPS) is 26.6. The van der Waals surface area contributed by atoms with Crippen molar-refractivity contribution in [2.45, 2.75) is 31.3 Å². The molecule has 1 N–H and O–H groups in total. The molecular formula is C16H26N2O. The van der Waals surface area contributed by atoms with Gasteiger partial charge in [0, 0.05) is 12.6 Å². The molecule has 0 saturated carbocycles. The van der Waals surface area contributed by atoms with Crippen molar-refractivity contribution in [3.8, 4) is 0 Å². The minimum atomic E-state index is -0.0821. The van der Waals surface area contributed by atoms with E-state index in [0.717, 1.165) is 25.9 Å². The minimum Gasteiger partial charge on any atom is -0.394 e.